The van der Waals surface area contributed by atoms with E-state index in [1.165, 1.54) is 0 Å². The summed E-state index contributed by atoms with van der Waals surface area (Å²) in [6.45, 7) is 0. The Balaban J connectivity index is -0.0000000133. The number of carbonyl (C=O) groups is 2. The smallest absolute Gasteiger partial charge is 1.00 e. The first kappa shape index (κ1) is 22.4. The molecule has 0 atom stereocenters. The van der Waals surface area contributed by atoms with Gasteiger partial charge in [0.2, 0.25) is 0 Å². The molecule has 0 saturated carbocycles. The molecule has 6 N–H and O–H groups in total. The summed E-state index contributed by atoms with van der Waals surface area (Å²) < 4.78 is 0. The molecule has 0 aliphatic heterocycles. The molecule has 0 bridgehead atoms. The van der Waals surface area contributed by atoms with Crippen molar-refractivity contribution in [1.29, 1.82) is 0 Å². The SMILES string of the molecule is O=C(O)O.O=C(O)O.OO.[Ca+2].[H-].[H-]. The van der Waals surface area contributed by atoms with Crippen molar-refractivity contribution in [3.63, 3.8) is 0 Å². The first-order chi connectivity index (χ1) is 4.46. The van der Waals surface area contributed by atoms with Crippen molar-refractivity contribution in [2.45, 2.75) is 0 Å². The fourth-order valence-electron chi connectivity index (χ4n) is 0. The maximum atomic E-state index is 8.56. The van der Waals surface area contributed by atoms with Crippen molar-refractivity contribution < 1.29 is 43.4 Å². The molecule has 8 nitrogen and oxygen atoms in total. The van der Waals surface area contributed by atoms with Crippen LogP contribution >= 0.6 is 0 Å². The molecule has 0 amide bonds. The van der Waals surface area contributed by atoms with Crippen molar-refractivity contribution in [3.05, 3.63) is 0 Å². The maximum absolute atomic E-state index is 8.56. The van der Waals surface area contributed by atoms with Crippen molar-refractivity contribution in [3.8, 4) is 0 Å². The number of carboxylic acid groups (broad SMARTS) is 4. The zero-order valence-electron chi connectivity index (χ0n) is 7.21. The van der Waals surface area contributed by atoms with Crippen LogP contribution in [0, 0.1) is 0 Å². The van der Waals surface area contributed by atoms with E-state index in [0.29, 0.717) is 0 Å². The summed E-state index contributed by atoms with van der Waals surface area (Å²) >= 11 is 0. The van der Waals surface area contributed by atoms with E-state index in [0.717, 1.165) is 0 Å². The minimum Gasteiger partial charge on any atom is -1.00 e. The Hall–Kier alpha value is -0.280. The van der Waals surface area contributed by atoms with Gasteiger partial charge in [-0.05, 0) is 0 Å². The molecule has 0 rings (SSSR count). The molecule has 0 aliphatic rings. The summed E-state index contributed by atoms with van der Waals surface area (Å²) in [4.78, 5) is 17.1. The van der Waals surface area contributed by atoms with E-state index in [2.05, 4.69) is 0 Å². The van der Waals surface area contributed by atoms with Gasteiger partial charge in [-0.2, -0.15) is 0 Å². The fourth-order valence-corrected chi connectivity index (χ4v) is 0. The average Bonchev–Trinajstić information content (AvgIpc) is 1.66. The normalized spacial score (nSPS) is 4.91. The Bertz CT molecular complexity index is 78.1. The molecule has 66 valence electrons. The van der Waals surface area contributed by atoms with Crippen LogP contribution in [0.3, 0.4) is 0 Å². The van der Waals surface area contributed by atoms with Gasteiger partial charge in [0.1, 0.15) is 0 Å². The summed E-state index contributed by atoms with van der Waals surface area (Å²) in [6, 6.07) is 0. The monoisotopic (exact) mass is 200 g/mol. The Kier molecular flexibility index (Phi) is 46.1. The molecule has 0 spiro atoms. The van der Waals surface area contributed by atoms with Gasteiger partial charge in [-0.25, -0.2) is 9.59 Å². The summed E-state index contributed by atoms with van der Waals surface area (Å²) in [5.74, 6) is 0. The predicted octanol–water partition coefficient (Wildman–Crippen LogP) is 0.306. The van der Waals surface area contributed by atoms with Crippen LogP contribution in [0.5, 0.6) is 0 Å². The molecular weight excluding hydrogens is 192 g/mol. The molecule has 0 fully saturated rings. The predicted molar refractivity (Wildman–Crippen MR) is 34.5 cm³/mol. The van der Waals surface area contributed by atoms with E-state index in [1.54, 1.807) is 0 Å². The fraction of sp³-hybridized carbons (Fsp3) is 0. The number of hydrogen-bond acceptors (Lipinski definition) is 4. The average molecular weight is 200 g/mol. The first-order valence-corrected chi connectivity index (χ1v) is 1.50. The third kappa shape index (κ3) is 7370. The molecule has 0 heterocycles. The van der Waals surface area contributed by atoms with Gasteiger partial charge in [0.05, 0.1) is 0 Å². The Morgan fingerprint density at radius 2 is 0.818 bits per heavy atom. The van der Waals surface area contributed by atoms with Crippen molar-refractivity contribution in [2.24, 2.45) is 0 Å². The van der Waals surface area contributed by atoms with Crippen LogP contribution in [-0.2, 0) is 0 Å². The van der Waals surface area contributed by atoms with E-state index in [-0.39, 0.29) is 40.6 Å². The third-order valence-corrected chi connectivity index (χ3v) is 0. The van der Waals surface area contributed by atoms with E-state index < -0.39 is 12.3 Å². The second kappa shape index (κ2) is 22.6. The molecule has 9 heteroatoms. The molecule has 0 saturated heterocycles. The van der Waals surface area contributed by atoms with Gasteiger partial charge in [-0.1, -0.05) is 0 Å². The number of hydrogen-bond donors (Lipinski definition) is 6. The Morgan fingerprint density at radius 1 is 0.818 bits per heavy atom. The summed E-state index contributed by atoms with van der Waals surface area (Å²) in [7, 11) is 0. The third-order valence-electron chi connectivity index (χ3n) is 0. The molecular formula is C2H8CaO8. The van der Waals surface area contributed by atoms with Gasteiger partial charge in [-0.15, -0.1) is 0 Å². The minimum absolute atomic E-state index is 0. The van der Waals surface area contributed by atoms with E-state index in [4.69, 9.17) is 40.5 Å². The second-order valence-corrected chi connectivity index (χ2v) is 0.565. The van der Waals surface area contributed by atoms with Gasteiger partial charge >= 0.3 is 50.0 Å². The van der Waals surface area contributed by atoms with Crippen LogP contribution < -0.4 is 0 Å². The van der Waals surface area contributed by atoms with E-state index >= 15 is 0 Å². The molecule has 0 aromatic heterocycles. The standard InChI is InChI=1S/2CH2O3.Ca.H2O2.2H/c2*2-1(3)4;;1-2;;/h2*(H2,2,3,4);;1-2H;;/q;;+2;;2*-1. The quantitative estimate of drug-likeness (QED) is 0.185. The van der Waals surface area contributed by atoms with Crippen LogP contribution in [0.2, 0.25) is 0 Å². The van der Waals surface area contributed by atoms with Gasteiger partial charge in [0.15, 0.2) is 0 Å². The van der Waals surface area contributed by atoms with Crippen LogP contribution in [0.1, 0.15) is 2.85 Å². The molecule has 0 unspecified atom stereocenters. The van der Waals surface area contributed by atoms with Gasteiger partial charge in [0.25, 0.3) is 0 Å². The zero-order chi connectivity index (χ0) is 9.15. The summed E-state index contributed by atoms with van der Waals surface area (Å²) in [5.41, 5.74) is 0. The topological polar surface area (TPSA) is 156 Å². The van der Waals surface area contributed by atoms with Crippen molar-refractivity contribution >= 4 is 50.0 Å². The molecule has 0 radical (unpaired) electrons. The van der Waals surface area contributed by atoms with Crippen molar-refractivity contribution in [2.75, 3.05) is 0 Å². The largest absolute Gasteiger partial charge is 2.00 e. The van der Waals surface area contributed by atoms with Gasteiger partial charge in [-0.3, -0.25) is 10.5 Å². The van der Waals surface area contributed by atoms with E-state index in [1.807, 2.05) is 0 Å². The van der Waals surface area contributed by atoms with Crippen molar-refractivity contribution in [1.82, 2.24) is 0 Å². The second-order valence-electron chi connectivity index (χ2n) is 0.565. The summed E-state index contributed by atoms with van der Waals surface area (Å²) in [5, 5.41) is 39.9. The van der Waals surface area contributed by atoms with Crippen LogP contribution in [0.15, 0.2) is 0 Å². The molecule has 0 aromatic rings. The van der Waals surface area contributed by atoms with E-state index in [9.17, 15) is 0 Å². The summed E-state index contributed by atoms with van der Waals surface area (Å²) in [6.07, 6.45) is -3.67. The molecule has 11 heavy (non-hydrogen) atoms. The van der Waals surface area contributed by atoms with Gasteiger partial charge in [0, 0.05) is 0 Å². The number of rotatable bonds is 0. The van der Waals surface area contributed by atoms with Crippen LogP contribution in [-0.4, -0.2) is 81.0 Å². The molecule has 0 aromatic carbocycles. The van der Waals surface area contributed by atoms with Crippen LogP contribution in [0.25, 0.3) is 0 Å². The first-order valence-electron chi connectivity index (χ1n) is 1.50. The molecule has 0 aliphatic carbocycles. The van der Waals surface area contributed by atoms with Crippen LogP contribution in [0.4, 0.5) is 9.59 Å². The zero-order valence-corrected chi connectivity index (χ0v) is 7.42. The Labute approximate surface area is 93.2 Å². The Morgan fingerprint density at radius 3 is 0.818 bits per heavy atom. The van der Waals surface area contributed by atoms with Gasteiger partial charge < -0.3 is 23.3 Å². The maximum Gasteiger partial charge on any atom is 2.00 e. The minimum atomic E-state index is -1.83.